The van der Waals surface area contributed by atoms with Crippen molar-refractivity contribution >= 4 is 17.5 Å². The molecule has 3 N–H and O–H groups in total. The standard InChI is InChI=1S/C18H25N5O/c1-4-5-10-21-17-16(11-22-18(19)23-17)24-12-15(20-3)14-9-7-6-8-13(14)2/h6-9,11H,4-5,10,12H2,1-3H3,(H3,19,21,22,23)/b20-15-. The highest BCUT2D eigenvalue weighted by Crippen LogP contribution is 2.22. The zero-order valence-electron chi connectivity index (χ0n) is 14.5. The minimum atomic E-state index is 0.227. The van der Waals surface area contributed by atoms with Crippen LogP contribution in [0.3, 0.4) is 0 Å². The Morgan fingerprint density at radius 3 is 2.83 bits per heavy atom. The van der Waals surface area contributed by atoms with Gasteiger partial charge in [-0.05, 0) is 18.9 Å². The first-order valence-electron chi connectivity index (χ1n) is 8.16. The summed E-state index contributed by atoms with van der Waals surface area (Å²) in [5, 5.41) is 3.25. The van der Waals surface area contributed by atoms with Crippen LogP contribution in [0.25, 0.3) is 0 Å². The van der Waals surface area contributed by atoms with E-state index in [1.54, 1.807) is 13.2 Å². The molecule has 24 heavy (non-hydrogen) atoms. The molecule has 0 unspecified atom stereocenters. The molecule has 0 radical (unpaired) electrons. The van der Waals surface area contributed by atoms with Crippen LogP contribution in [0.15, 0.2) is 35.5 Å². The summed E-state index contributed by atoms with van der Waals surface area (Å²) < 4.78 is 5.91. The number of nitrogen functional groups attached to an aromatic ring is 1. The van der Waals surface area contributed by atoms with Crippen molar-refractivity contribution in [1.29, 1.82) is 0 Å². The van der Waals surface area contributed by atoms with Gasteiger partial charge in [0.1, 0.15) is 6.61 Å². The van der Waals surface area contributed by atoms with E-state index in [4.69, 9.17) is 10.5 Å². The third kappa shape index (κ3) is 4.68. The lowest BCUT2D eigenvalue weighted by Gasteiger charge is -2.14. The van der Waals surface area contributed by atoms with Gasteiger partial charge in [-0.1, -0.05) is 37.6 Å². The molecule has 0 saturated carbocycles. The van der Waals surface area contributed by atoms with Crippen LogP contribution in [0.5, 0.6) is 5.75 Å². The number of nitrogens with two attached hydrogens (primary N) is 1. The number of unbranched alkanes of at least 4 members (excludes halogenated alkanes) is 1. The maximum atomic E-state index is 5.91. The topological polar surface area (TPSA) is 85.4 Å². The summed E-state index contributed by atoms with van der Waals surface area (Å²) in [5.74, 6) is 1.43. The number of nitrogens with zero attached hydrogens (tertiary/aromatic N) is 3. The second-order valence-electron chi connectivity index (χ2n) is 5.50. The molecule has 2 rings (SSSR count). The monoisotopic (exact) mass is 327 g/mol. The van der Waals surface area contributed by atoms with Crippen LogP contribution in [0.4, 0.5) is 11.8 Å². The van der Waals surface area contributed by atoms with Gasteiger partial charge in [-0.25, -0.2) is 4.98 Å². The van der Waals surface area contributed by atoms with Crippen molar-refractivity contribution in [3.63, 3.8) is 0 Å². The summed E-state index contributed by atoms with van der Waals surface area (Å²) in [6.45, 7) is 5.36. The first-order valence-corrected chi connectivity index (χ1v) is 8.16. The van der Waals surface area contributed by atoms with E-state index in [0.29, 0.717) is 18.2 Å². The highest BCUT2D eigenvalue weighted by atomic mass is 16.5. The summed E-state index contributed by atoms with van der Waals surface area (Å²) in [4.78, 5) is 12.6. The number of rotatable bonds is 8. The van der Waals surface area contributed by atoms with Crippen LogP contribution >= 0.6 is 0 Å². The fourth-order valence-electron chi connectivity index (χ4n) is 2.31. The normalized spacial score (nSPS) is 11.4. The second kappa shape index (κ2) is 8.86. The third-order valence-corrected chi connectivity index (χ3v) is 3.69. The van der Waals surface area contributed by atoms with Crippen LogP contribution in [0.2, 0.25) is 0 Å². The van der Waals surface area contributed by atoms with Gasteiger partial charge in [0.15, 0.2) is 11.6 Å². The molecule has 1 aromatic carbocycles. The zero-order valence-corrected chi connectivity index (χ0v) is 14.5. The molecule has 0 saturated heterocycles. The molecule has 0 aliphatic carbocycles. The number of benzene rings is 1. The van der Waals surface area contributed by atoms with E-state index in [2.05, 4.69) is 40.2 Å². The first kappa shape index (κ1) is 17.7. The summed E-state index contributed by atoms with van der Waals surface area (Å²) >= 11 is 0. The van der Waals surface area contributed by atoms with Crippen molar-refractivity contribution in [3.05, 3.63) is 41.6 Å². The van der Waals surface area contributed by atoms with Gasteiger partial charge in [-0.2, -0.15) is 4.98 Å². The maximum absolute atomic E-state index is 5.91. The summed E-state index contributed by atoms with van der Waals surface area (Å²) in [5.41, 5.74) is 8.81. The van der Waals surface area contributed by atoms with Gasteiger partial charge in [-0.3, -0.25) is 4.99 Å². The Hall–Kier alpha value is -2.63. The number of hydrogen-bond donors (Lipinski definition) is 2. The predicted molar refractivity (Wildman–Crippen MR) is 99.0 cm³/mol. The third-order valence-electron chi connectivity index (χ3n) is 3.69. The minimum absolute atomic E-state index is 0.227. The van der Waals surface area contributed by atoms with Gasteiger partial charge in [0.05, 0.1) is 11.9 Å². The molecule has 0 spiro atoms. The van der Waals surface area contributed by atoms with Crippen molar-refractivity contribution in [3.8, 4) is 5.75 Å². The Morgan fingerprint density at radius 1 is 1.33 bits per heavy atom. The van der Waals surface area contributed by atoms with Gasteiger partial charge < -0.3 is 15.8 Å². The van der Waals surface area contributed by atoms with Gasteiger partial charge in [-0.15, -0.1) is 0 Å². The van der Waals surface area contributed by atoms with E-state index in [9.17, 15) is 0 Å². The molecular weight excluding hydrogens is 302 g/mol. The molecular formula is C18H25N5O. The average Bonchev–Trinajstić information content (AvgIpc) is 2.58. The molecule has 128 valence electrons. The summed E-state index contributed by atoms with van der Waals surface area (Å²) in [6, 6.07) is 8.11. The molecule has 1 aromatic heterocycles. The Kier molecular flexibility index (Phi) is 6.54. The fourth-order valence-corrected chi connectivity index (χ4v) is 2.31. The van der Waals surface area contributed by atoms with Crippen LogP contribution in [0.1, 0.15) is 30.9 Å². The molecule has 1 heterocycles. The SMILES string of the molecule is CCCCNc1nc(N)ncc1OC/C(=N/C)c1ccccc1C. The number of aliphatic imine (C=N–C) groups is 1. The first-order chi connectivity index (χ1) is 11.7. The molecule has 0 bridgehead atoms. The van der Waals surface area contributed by atoms with Crippen molar-refractivity contribution in [2.45, 2.75) is 26.7 Å². The quantitative estimate of drug-likeness (QED) is 0.575. The van der Waals surface area contributed by atoms with E-state index in [1.807, 2.05) is 18.2 Å². The lowest BCUT2D eigenvalue weighted by Crippen LogP contribution is -2.16. The summed E-state index contributed by atoms with van der Waals surface area (Å²) in [7, 11) is 1.77. The van der Waals surface area contributed by atoms with E-state index in [1.165, 1.54) is 0 Å². The number of ether oxygens (including phenoxy) is 1. The zero-order chi connectivity index (χ0) is 17.4. The predicted octanol–water partition coefficient (Wildman–Crippen LogP) is 3.08. The van der Waals surface area contributed by atoms with E-state index >= 15 is 0 Å². The molecule has 0 fully saturated rings. The number of aryl methyl sites for hydroxylation is 1. The Bertz CT molecular complexity index is 700. The highest BCUT2D eigenvalue weighted by molar-refractivity contribution is 6.02. The van der Waals surface area contributed by atoms with Crippen LogP contribution < -0.4 is 15.8 Å². The molecule has 0 atom stereocenters. The Morgan fingerprint density at radius 2 is 2.12 bits per heavy atom. The Labute approximate surface area is 143 Å². The lowest BCUT2D eigenvalue weighted by atomic mass is 10.0. The molecule has 0 aliphatic heterocycles. The van der Waals surface area contributed by atoms with Gasteiger partial charge in [0.25, 0.3) is 0 Å². The molecule has 6 heteroatoms. The highest BCUT2D eigenvalue weighted by Gasteiger charge is 2.11. The van der Waals surface area contributed by atoms with Crippen molar-refractivity contribution < 1.29 is 4.74 Å². The van der Waals surface area contributed by atoms with Crippen LogP contribution in [-0.4, -0.2) is 35.9 Å². The van der Waals surface area contributed by atoms with Gasteiger partial charge in [0.2, 0.25) is 5.95 Å². The van der Waals surface area contributed by atoms with Crippen molar-refractivity contribution in [1.82, 2.24) is 9.97 Å². The average molecular weight is 327 g/mol. The van der Waals surface area contributed by atoms with Crippen LogP contribution in [0, 0.1) is 6.92 Å². The van der Waals surface area contributed by atoms with Crippen LogP contribution in [-0.2, 0) is 0 Å². The van der Waals surface area contributed by atoms with Crippen molar-refractivity contribution in [2.24, 2.45) is 4.99 Å². The fraction of sp³-hybridized carbons (Fsp3) is 0.389. The molecule has 2 aromatic rings. The second-order valence-corrected chi connectivity index (χ2v) is 5.50. The number of anilines is 2. The number of hydrogen-bond acceptors (Lipinski definition) is 6. The molecule has 0 aliphatic rings. The van der Waals surface area contributed by atoms with E-state index in [-0.39, 0.29) is 5.95 Å². The number of aromatic nitrogens is 2. The van der Waals surface area contributed by atoms with Gasteiger partial charge in [0, 0.05) is 19.2 Å². The van der Waals surface area contributed by atoms with Crippen molar-refractivity contribution in [2.75, 3.05) is 31.2 Å². The van der Waals surface area contributed by atoms with E-state index in [0.717, 1.165) is 36.2 Å². The molecule has 0 amide bonds. The minimum Gasteiger partial charge on any atom is -0.482 e. The summed E-state index contributed by atoms with van der Waals surface area (Å²) in [6.07, 6.45) is 3.75. The largest absolute Gasteiger partial charge is 0.482 e. The lowest BCUT2D eigenvalue weighted by molar-refractivity contribution is 0.375. The smallest absolute Gasteiger partial charge is 0.222 e. The van der Waals surface area contributed by atoms with E-state index < -0.39 is 0 Å². The maximum Gasteiger partial charge on any atom is 0.222 e. The molecule has 6 nitrogen and oxygen atoms in total. The van der Waals surface area contributed by atoms with Gasteiger partial charge >= 0.3 is 0 Å². The Balaban J connectivity index is 2.11. The number of nitrogens with one attached hydrogen (secondary N) is 1.